The summed E-state index contributed by atoms with van der Waals surface area (Å²) in [5.74, 6) is 0. The number of hydrogen-bond donors (Lipinski definition) is 1. The number of methoxy groups -OCH3 is 1. The van der Waals surface area contributed by atoms with Crippen molar-refractivity contribution in [3.05, 3.63) is 70.8 Å². The molecule has 3 rings (SSSR count). The van der Waals surface area contributed by atoms with E-state index in [1.807, 2.05) is 14.2 Å². The Kier molecular flexibility index (Phi) is 4.60. The summed E-state index contributed by atoms with van der Waals surface area (Å²) in [6.07, 6.45) is 3.27. The molecule has 1 aliphatic rings. The van der Waals surface area contributed by atoms with Crippen molar-refractivity contribution in [2.45, 2.75) is 24.7 Å². The molecule has 2 aromatic rings. The molecule has 0 spiro atoms. The van der Waals surface area contributed by atoms with Crippen molar-refractivity contribution in [3.63, 3.8) is 0 Å². The molecule has 0 saturated carbocycles. The topological polar surface area (TPSA) is 21.3 Å². The third kappa shape index (κ3) is 2.57. The zero-order chi connectivity index (χ0) is 15.4. The number of fused-ring (bicyclic) bond motifs is 2. The monoisotopic (exact) mass is 295 g/mol. The summed E-state index contributed by atoms with van der Waals surface area (Å²) < 4.78 is 5.72. The first kappa shape index (κ1) is 15.3. The van der Waals surface area contributed by atoms with Gasteiger partial charge in [0.15, 0.2) is 0 Å². The van der Waals surface area contributed by atoms with Gasteiger partial charge in [0, 0.05) is 12.5 Å². The highest BCUT2D eigenvalue weighted by Gasteiger charge is 2.38. The van der Waals surface area contributed by atoms with E-state index in [1.54, 1.807) is 0 Å². The van der Waals surface area contributed by atoms with Gasteiger partial charge in [-0.05, 0) is 55.1 Å². The van der Waals surface area contributed by atoms with E-state index >= 15 is 0 Å². The molecule has 0 radical (unpaired) electrons. The standard InChI is InChI=1S/C20H25NO/c1-21-14-13-20(15-22-2)18-9-5-3-7-16(18)11-12-17-8-4-6-10-19(17)20/h3-10,21H,11-15H2,1-2H3. The van der Waals surface area contributed by atoms with E-state index in [1.165, 1.54) is 22.3 Å². The largest absolute Gasteiger partial charge is 0.383 e. The zero-order valence-electron chi connectivity index (χ0n) is 13.6. The molecular weight excluding hydrogens is 270 g/mol. The van der Waals surface area contributed by atoms with Gasteiger partial charge in [0.05, 0.1) is 6.61 Å². The molecule has 22 heavy (non-hydrogen) atoms. The summed E-state index contributed by atoms with van der Waals surface area (Å²) in [6, 6.07) is 17.8. The van der Waals surface area contributed by atoms with Gasteiger partial charge in [-0.25, -0.2) is 0 Å². The van der Waals surface area contributed by atoms with Crippen molar-refractivity contribution in [2.75, 3.05) is 27.3 Å². The summed E-state index contributed by atoms with van der Waals surface area (Å²) in [7, 11) is 3.84. The van der Waals surface area contributed by atoms with Crippen molar-refractivity contribution in [2.24, 2.45) is 0 Å². The second kappa shape index (κ2) is 6.64. The fourth-order valence-electron chi connectivity index (χ4n) is 3.91. The van der Waals surface area contributed by atoms with Crippen molar-refractivity contribution in [3.8, 4) is 0 Å². The van der Waals surface area contributed by atoms with Gasteiger partial charge in [-0.1, -0.05) is 48.5 Å². The van der Waals surface area contributed by atoms with Gasteiger partial charge in [0.1, 0.15) is 0 Å². The van der Waals surface area contributed by atoms with Crippen LogP contribution in [0.15, 0.2) is 48.5 Å². The second-order valence-corrected chi connectivity index (χ2v) is 6.18. The summed E-state index contributed by atoms with van der Waals surface area (Å²) in [5.41, 5.74) is 5.76. The predicted octanol–water partition coefficient (Wildman–Crippen LogP) is 3.33. The lowest BCUT2D eigenvalue weighted by atomic mass is 9.70. The van der Waals surface area contributed by atoms with Gasteiger partial charge in [-0.3, -0.25) is 0 Å². The van der Waals surface area contributed by atoms with Crippen LogP contribution in [0.4, 0.5) is 0 Å². The summed E-state index contributed by atoms with van der Waals surface area (Å²) in [4.78, 5) is 0. The maximum Gasteiger partial charge on any atom is 0.0600 e. The molecule has 0 bridgehead atoms. The third-order valence-electron chi connectivity index (χ3n) is 4.92. The van der Waals surface area contributed by atoms with E-state index < -0.39 is 0 Å². The highest BCUT2D eigenvalue weighted by Crippen LogP contribution is 2.42. The summed E-state index contributed by atoms with van der Waals surface area (Å²) in [5, 5.41) is 3.32. The molecule has 0 heterocycles. The molecule has 0 fully saturated rings. The molecule has 2 aromatic carbocycles. The van der Waals surface area contributed by atoms with Crippen LogP contribution in [0.5, 0.6) is 0 Å². The van der Waals surface area contributed by atoms with Gasteiger partial charge < -0.3 is 10.1 Å². The molecule has 2 nitrogen and oxygen atoms in total. The van der Waals surface area contributed by atoms with Crippen LogP contribution in [0, 0.1) is 0 Å². The normalized spacial score (nSPS) is 15.7. The van der Waals surface area contributed by atoms with Crippen LogP contribution in [-0.2, 0) is 23.0 Å². The Bertz CT molecular complexity index is 588. The van der Waals surface area contributed by atoms with Crippen molar-refractivity contribution in [1.82, 2.24) is 5.32 Å². The van der Waals surface area contributed by atoms with Gasteiger partial charge in [-0.15, -0.1) is 0 Å². The molecule has 0 aromatic heterocycles. The highest BCUT2D eigenvalue weighted by atomic mass is 16.5. The first-order valence-corrected chi connectivity index (χ1v) is 8.12. The number of nitrogens with one attached hydrogen (secondary N) is 1. The molecule has 0 unspecified atom stereocenters. The molecule has 1 aliphatic carbocycles. The van der Waals surface area contributed by atoms with E-state index in [0.29, 0.717) is 0 Å². The molecule has 0 saturated heterocycles. The smallest absolute Gasteiger partial charge is 0.0600 e. The molecule has 1 N–H and O–H groups in total. The number of aryl methyl sites for hydroxylation is 2. The molecule has 0 aliphatic heterocycles. The number of rotatable bonds is 5. The Labute approximate surface area is 133 Å². The Balaban J connectivity index is 2.23. The summed E-state index contributed by atoms with van der Waals surface area (Å²) >= 11 is 0. The fourth-order valence-corrected chi connectivity index (χ4v) is 3.91. The third-order valence-corrected chi connectivity index (χ3v) is 4.92. The Morgan fingerprint density at radius 2 is 1.50 bits per heavy atom. The molecule has 0 atom stereocenters. The maximum absolute atomic E-state index is 5.72. The van der Waals surface area contributed by atoms with Gasteiger partial charge in [0.2, 0.25) is 0 Å². The van der Waals surface area contributed by atoms with Crippen LogP contribution in [0.3, 0.4) is 0 Å². The Morgan fingerprint density at radius 3 is 2.00 bits per heavy atom. The maximum atomic E-state index is 5.72. The average molecular weight is 295 g/mol. The fraction of sp³-hybridized carbons (Fsp3) is 0.400. The quantitative estimate of drug-likeness (QED) is 0.913. The molecule has 0 amide bonds. The summed E-state index contributed by atoms with van der Waals surface area (Å²) in [6.45, 7) is 1.70. The van der Waals surface area contributed by atoms with Crippen molar-refractivity contribution < 1.29 is 4.74 Å². The van der Waals surface area contributed by atoms with Crippen LogP contribution in [-0.4, -0.2) is 27.3 Å². The van der Waals surface area contributed by atoms with Crippen LogP contribution in [0.25, 0.3) is 0 Å². The van der Waals surface area contributed by atoms with Crippen LogP contribution >= 0.6 is 0 Å². The molecule has 2 heteroatoms. The lowest BCUT2D eigenvalue weighted by Crippen LogP contribution is -2.37. The number of benzene rings is 2. The molecule has 116 valence electrons. The van der Waals surface area contributed by atoms with Gasteiger partial charge >= 0.3 is 0 Å². The average Bonchev–Trinajstić information content (AvgIpc) is 2.70. The van der Waals surface area contributed by atoms with Crippen LogP contribution in [0.2, 0.25) is 0 Å². The highest BCUT2D eigenvalue weighted by molar-refractivity contribution is 5.50. The van der Waals surface area contributed by atoms with E-state index in [0.717, 1.165) is 32.4 Å². The number of hydrogen-bond acceptors (Lipinski definition) is 2. The SMILES string of the molecule is CNCCC1(COC)c2ccccc2CCc2ccccc21. The number of ether oxygens (including phenoxy) is 1. The minimum absolute atomic E-state index is 0.0541. The van der Waals surface area contributed by atoms with Gasteiger partial charge in [-0.2, -0.15) is 0 Å². The van der Waals surface area contributed by atoms with Crippen LogP contribution < -0.4 is 5.32 Å². The minimum Gasteiger partial charge on any atom is -0.383 e. The van der Waals surface area contributed by atoms with E-state index in [4.69, 9.17) is 4.74 Å². The first-order chi connectivity index (χ1) is 10.8. The Hall–Kier alpha value is -1.64. The lowest BCUT2D eigenvalue weighted by Gasteiger charge is -2.36. The lowest BCUT2D eigenvalue weighted by molar-refractivity contribution is 0.142. The minimum atomic E-state index is -0.0541. The zero-order valence-corrected chi connectivity index (χ0v) is 13.6. The Morgan fingerprint density at radius 1 is 0.955 bits per heavy atom. The predicted molar refractivity (Wildman–Crippen MR) is 91.5 cm³/mol. The van der Waals surface area contributed by atoms with E-state index in [-0.39, 0.29) is 5.41 Å². The van der Waals surface area contributed by atoms with E-state index in [2.05, 4.69) is 53.8 Å². The first-order valence-electron chi connectivity index (χ1n) is 8.12. The second-order valence-electron chi connectivity index (χ2n) is 6.18. The van der Waals surface area contributed by atoms with Crippen molar-refractivity contribution in [1.29, 1.82) is 0 Å². The van der Waals surface area contributed by atoms with Crippen LogP contribution in [0.1, 0.15) is 28.7 Å². The molecular formula is C20H25NO. The van der Waals surface area contributed by atoms with E-state index in [9.17, 15) is 0 Å². The van der Waals surface area contributed by atoms with Gasteiger partial charge in [0.25, 0.3) is 0 Å². The van der Waals surface area contributed by atoms with Crippen molar-refractivity contribution >= 4 is 0 Å².